The van der Waals surface area contributed by atoms with E-state index in [1.54, 1.807) is 6.07 Å². The van der Waals surface area contributed by atoms with Gasteiger partial charge in [0.15, 0.2) is 0 Å². The summed E-state index contributed by atoms with van der Waals surface area (Å²) in [6.07, 6.45) is 0. The van der Waals surface area contributed by atoms with Gasteiger partial charge < -0.3 is 4.74 Å². The van der Waals surface area contributed by atoms with E-state index < -0.39 is 11.2 Å². The molecule has 0 radical (unpaired) electrons. The maximum Gasteiger partial charge on any atom is 0.147 e. The molecular formula is C12H13ClN2O. The number of nitrogens with zero attached hydrogens (tertiary/aromatic N) is 2. The third-order valence-corrected chi connectivity index (χ3v) is 3.11. The number of pyridine rings is 1. The van der Waals surface area contributed by atoms with Crippen LogP contribution in [0.4, 0.5) is 0 Å². The first-order valence-electron chi connectivity index (χ1n) is 5.10. The highest BCUT2D eigenvalue weighted by atomic mass is 35.5. The first kappa shape index (κ1) is 11.4. The molecule has 0 aliphatic carbocycles. The van der Waals surface area contributed by atoms with Gasteiger partial charge in [-0.05, 0) is 33.8 Å². The van der Waals surface area contributed by atoms with Gasteiger partial charge in [-0.1, -0.05) is 11.6 Å². The molecule has 0 bridgehead atoms. The number of nitriles is 1. The van der Waals surface area contributed by atoms with Crippen molar-refractivity contribution >= 4 is 11.6 Å². The number of halogens is 1. The average Bonchev–Trinajstić information content (AvgIpc) is 2.31. The summed E-state index contributed by atoms with van der Waals surface area (Å²) in [6, 6.07) is 3.82. The fourth-order valence-electron chi connectivity index (χ4n) is 2.23. The molecular weight excluding hydrogens is 224 g/mol. The predicted molar refractivity (Wildman–Crippen MR) is 61.1 cm³/mol. The second-order valence-electron chi connectivity index (χ2n) is 4.96. The van der Waals surface area contributed by atoms with Crippen LogP contribution in [0.5, 0.6) is 0 Å². The number of rotatable bonds is 0. The molecule has 2 heterocycles. The minimum Gasteiger partial charge on any atom is -0.359 e. The van der Waals surface area contributed by atoms with E-state index in [0.717, 1.165) is 11.3 Å². The molecule has 0 fully saturated rings. The molecule has 84 valence electrons. The summed E-state index contributed by atoms with van der Waals surface area (Å²) in [4.78, 5) is 4.29. The molecule has 1 aromatic heterocycles. The van der Waals surface area contributed by atoms with Crippen molar-refractivity contribution in [2.45, 2.75) is 38.9 Å². The Morgan fingerprint density at radius 3 is 2.50 bits per heavy atom. The van der Waals surface area contributed by atoms with Crippen molar-refractivity contribution in [2.24, 2.45) is 0 Å². The largest absolute Gasteiger partial charge is 0.359 e. The Hall–Kier alpha value is -1.11. The normalized spacial score (nSPS) is 20.2. The van der Waals surface area contributed by atoms with Crippen LogP contribution in [0.2, 0.25) is 5.15 Å². The second kappa shape index (κ2) is 3.19. The topological polar surface area (TPSA) is 45.9 Å². The van der Waals surface area contributed by atoms with Crippen molar-refractivity contribution in [3.8, 4) is 6.07 Å². The van der Waals surface area contributed by atoms with Crippen LogP contribution in [-0.4, -0.2) is 4.98 Å². The van der Waals surface area contributed by atoms with E-state index in [4.69, 9.17) is 21.6 Å². The summed E-state index contributed by atoms with van der Waals surface area (Å²) < 4.78 is 5.93. The number of hydrogen-bond acceptors (Lipinski definition) is 3. The zero-order chi connectivity index (χ0) is 12.1. The van der Waals surface area contributed by atoms with Gasteiger partial charge in [-0.25, -0.2) is 4.98 Å². The Morgan fingerprint density at radius 2 is 1.94 bits per heavy atom. The summed E-state index contributed by atoms with van der Waals surface area (Å²) >= 11 is 5.94. The summed E-state index contributed by atoms with van der Waals surface area (Å²) in [6.45, 7) is 7.85. The lowest BCUT2D eigenvalue weighted by Gasteiger charge is -2.24. The van der Waals surface area contributed by atoms with Crippen LogP contribution >= 0.6 is 11.6 Å². The molecule has 0 atom stereocenters. The van der Waals surface area contributed by atoms with E-state index in [1.807, 2.05) is 33.8 Å². The maximum atomic E-state index is 8.93. The highest BCUT2D eigenvalue weighted by Crippen LogP contribution is 2.46. The van der Waals surface area contributed by atoms with Gasteiger partial charge in [-0.15, -0.1) is 0 Å². The Morgan fingerprint density at radius 1 is 1.31 bits per heavy atom. The van der Waals surface area contributed by atoms with Crippen LogP contribution < -0.4 is 0 Å². The van der Waals surface area contributed by atoms with Crippen LogP contribution in [0, 0.1) is 11.3 Å². The number of fused-ring (bicyclic) bond motifs is 1. The Kier molecular flexibility index (Phi) is 2.27. The molecule has 0 spiro atoms. The summed E-state index contributed by atoms with van der Waals surface area (Å²) in [5, 5.41) is 9.18. The minimum atomic E-state index is -0.462. The molecule has 1 aliphatic heterocycles. The van der Waals surface area contributed by atoms with Gasteiger partial charge in [-0.2, -0.15) is 5.26 Å². The molecule has 1 aliphatic rings. The van der Waals surface area contributed by atoms with E-state index in [2.05, 4.69) is 4.98 Å². The van der Waals surface area contributed by atoms with Crippen molar-refractivity contribution in [1.82, 2.24) is 4.98 Å². The van der Waals surface area contributed by atoms with Crippen LogP contribution in [0.3, 0.4) is 0 Å². The predicted octanol–water partition coefficient (Wildman–Crippen LogP) is 3.11. The highest BCUT2D eigenvalue weighted by molar-refractivity contribution is 6.30. The van der Waals surface area contributed by atoms with Crippen LogP contribution in [0.1, 0.15) is 44.5 Å². The van der Waals surface area contributed by atoms with E-state index in [9.17, 15) is 0 Å². The minimum absolute atomic E-state index is 0.246. The van der Waals surface area contributed by atoms with Gasteiger partial charge in [0.05, 0.1) is 16.9 Å². The van der Waals surface area contributed by atoms with Gasteiger partial charge in [0.1, 0.15) is 16.8 Å². The van der Waals surface area contributed by atoms with E-state index in [1.165, 1.54) is 0 Å². The van der Waals surface area contributed by atoms with Crippen LogP contribution in [0.15, 0.2) is 6.07 Å². The molecule has 4 heteroatoms. The standard InChI is InChI=1S/C12H13ClN2O/c1-11(2)8-5-7(6-14)10(13)15-9(8)12(3,4)16-11/h5H,1-4H3. The lowest BCUT2D eigenvalue weighted by Crippen LogP contribution is -2.22. The molecule has 0 unspecified atom stereocenters. The van der Waals surface area contributed by atoms with Gasteiger partial charge in [0, 0.05) is 5.56 Å². The summed E-state index contributed by atoms with van der Waals surface area (Å²) in [7, 11) is 0. The van der Waals surface area contributed by atoms with Crippen molar-refractivity contribution < 1.29 is 4.74 Å². The van der Waals surface area contributed by atoms with Crippen molar-refractivity contribution in [1.29, 1.82) is 5.26 Å². The second-order valence-corrected chi connectivity index (χ2v) is 5.32. The lowest BCUT2D eigenvalue weighted by molar-refractivity contribution is -0.106. The van der Waals surface area contributed by atoms with Crippen molar-refractivity contribution in [3.05, 3.63) is 28.0 Å². The molecule has 16 heavy (non-hydrogen) atoms. The number of hydrogen-bond donors (Lipinski definition) is 0. The van der Waals surface area contributed by atoms with Crippen LogP contribution in [0.25, 0.3) is 0 Å². The van der Waals surface area contributed by atoms with Gasteiger partial charge in [0.2, 0.25) is 0 Å². The number of ether oxygens (including phenoxy) is 1. The molecule has 0 saturated carbocycles. The Labute approximate surface area is 100 Å². The molecule has 3 nitrogen and oxygen atoms in total. The fourth-order valence-corrected chi connectivity index (χ4v) is 2.41. The maximum absolute atomic E-state index is 8.93. The zero-order valence-corrected chi connectivity index (χ0v) is 10.5. The third kappa shape index (κ3) is 1.50. The third-order valence-electron chi connectivity index (χ3n) is 2.83. The smallest absolute Gasteiger partial charge is 0.147 e. The van der Waals surface area contributed by atoms with Gasteiger partial charge in [-0.3, -0.25) is 0 Å². The Balaban J connectivity index is 2.74. The Bertz CT molecular complexity index is 500. The van der Waals surface area contributed by atoms with E-state index >= 15 is 0 Å². The summed E-state index contributed by atoms with van der Waals surface area (Å²) in [5.41, 5.74) is 1.27. The van der Waals surface area contributed by atoms with Crippen molar-refractivity contribution in [2.75, 3.05) is 0 Å². The van der Waals surface area contributed by atoms with Crippen molar-refractivity contribution in [3.63, 3.8) is 0 Å². The van der Waals surface area contributed by atoms with E-state index in [0.29, 0.717) is 5.56 Å². The fraction of sp³-hybridized carbons (Fsp3) is 0.500. The van der Waals surface area contributed by atoms with E-state index in [-0.39, 0.29) is 5.15 Å². The highest BCUT2D eigenvalue weighted by Gasteiger charge is 2.44. The molecule has 2 rings (SSSR count). The molecule has 1 aromatic rings. The SMILES string of the molecule is CC1(C)OC(C)(C)c2nc(Cl)c(C#N)cc21. The lowest BCUT2D eigenvalue weighted by atomic mass is 9.94. The molecule has 0 N–H and O–H groups in total. The molecule has 0 aromatic carbocycles. The monoisotopic (exact) mass is 236 g/mol. The molecule has 0 saturated heterocycles. The first-order valence-corrected chi connectivity index (χ1v) is 5.47. The zero-order valence-electron chi connectivity index (χ0n) is 9.76. The summed E-state index contributed by atoms with van der Waals surface area (Å²) in [5.74, 6) is 0. The quantitative estimate of drug-likeness (QED) is 0.651. The first-order chi connectivity index (χ1) is 7.28. The van der Waals surface area contributed by atoms with Crippen LogP contribution in [-0.2, 0) is 15.9 Å². The van der Waals surface area contributed by atoms with Gasteiger partial charge in [0.25, 0.3) is 0 Å². The molecule has 0 amide bonds. The van der Waals surface area contributed by atoms with Gasteiger partial charge >= 0.3 is 0 Å². The average molecular weight is 237 g/mol. The number of aromatic nitrogens is 1.